The standard InChI is InChI=1S/C14H11Cl/c1-9-11-6-2-4-10-5-3-7-12(14(10)11)13(9)8-15/h2-7H,8H2,1H3. The minimum Gasteiger partial charge on any atom is -0.122 e. The smallest absolute Gasteiger partial charge is 0.0483 e. The first-order valence-electron chi connectivity index (χ1n) is 5.11. The fourth-order valence-electron chi connectivity index (χ4n) is 2.44. The summed E-state index contributed by atoms with van der Waals surface area (Å²) >= 11 is 6.02. The van der Waals surface area contributed by atoms with Crippen LogP contribution in [0.1, 0.15) is 18.1 Å². The Labute approximate surface area is 94.2 Å². The Bertz CT molecular complexity index is 574. The minimum atomic E-state index is 0.597. The fourth-order valence-corrected chi connectivity index (χ4v) is 2.79. The second-order valence-corrected chi connectivity index (χ2v) is 4.21. The van der Waals surface area contributed by atoms with Gasteiger partial charge in [-0.3, -0.25) is 0 Å². The van der Waals surface area contributed by atoms with Crippen molar-refractivity contribution in [3.63, 3.8) is 0 Å². The van der Waals surface area contributed by atoms with Gasteiger partial charge in [-0.15, -0.1) is 11.6 Å². The zero-order chi connectivity index (χ0) is 10.4. The van der Waals surface area contributed by atoms with E-state index in [1.807, 2.05) is 0 Å². The van der Waals surface area contributed by atoms with Crippen molar-refractivity contribution in [3.05, 3.63) is 47.5 Å². The van der Waals surface area contributed by atoms with Crippen LogP contribution < -0.4 is 0 Å². The molecule has 0 amide bonds. The van der Waals surface area contributed by atoms with Crippen molar-refractivity contribution in [3.8, 4) is 0 Å². The second-order valence-electron chi connectivity index (χ2n) is 3.95. The van der Waals surface area contributed by atoms with Gasteiger partial charge in [-0.25, -0.2) is 0 Å². The van der Waals surface area contributed by atoms with Gasteiger partial charge in [0.25, 0.3) is 0 Å². The lowest BCUT2D eigenvalue weighted by Gasteiger charge is -2.02. The molecule has 0 bridgehead atoms. The number of hydrogen-bond acceptors (Lipinski definition) is 0. The van der Waals surface area contributed by atoms with Gasteiger partial charge in [-0.2, -0.15) is 0 Å². The third-order valence-electron chi connectivity index (χ3n) is 3.22. The molecular weight excluding hydrogens is 204 g/mol. The van der Waals surface area contributed by atoms with E-state index >= 15 is 0 Å². The molecule has 0 N–H and O–H groups in total. The van der Waals surface area contributed by atoms with Crippen LogP contribution in [-0.4, -0.2) is 5.88 Å². The van der Waals surface area contributed by atoms with Crippen LogP contribution in [0.4, 0.5) is 0 Å². The summed E-state index contributed by atoms with van der Waals surface area (Å²) in [7, 11) is 0. The Kier molecular flexibility index (Phi) is 1.86. The molecule has 1 aliphatic rings. The first-order chi connectivity index (χ1) is 7.33. The molecule has 0 saturated carbocycles. The highest BCUT2D eigenvalue weighted by Gasteiger charge is 2.19. The molecule has 1 heteroatoms. The van der Waals surface area contributed by atoms with Gasteiger partial charge in [-0.05, 0) is 40.0 Å². The Hall–Kier alpha value is -1.27. The first kappa shape index (κ1) is 8.99. The zero-order valence-corrected chi connectivity index (χ0v) is 9.31. The SMILES string of the molecule is CC1=C(CCl)c2cccc3cccc1c23. The molecule has 15 heavy (non-hydrogen) atoms. The summed E-state index contributed by atoms with van der Waals surface area (Å²) in [6, 6.07) is 12.9. The van der Waals surface area contributed by atoms with Crippen LogP contribution in [0.25, 0.3) is 21.9 Å². The van der Waals surface area contributed by atoms with Crippen LogP contribution in [0, 0.1) is 0 Å². The second kappa shape index (κ2) is 3.11. The molecule has 2 aromatic rings. The van der Waals surface area contributed by atoms with E-state index in [1.165, 1.54) is 33.0 Å². The predicted octanol–water partition coefficient (Wildman–Crippen LogP) is 4.32. The molecule has 0 spiro atoms. The summed E-state index contributed by atoms with van der Waals surface area (Å²) in [5, 5.41) is 2.68. The van der Waals surface area contributed by atoms with E-state index in [1.54, 1.807) is 0 Å². The van der Waals surface area contributed by atoms with Gasteiger partial charge >= 0.3 is 0 Å². The zero-order valence-electron chi connectivity index (χ0n) is 8.55. The van der Waals surface area contributed by atoms with E-state index in [-0.39, 0.29) is 0 Å². The highest BCUT2D eigenvalue weighted by Crippen LogP contribution is 2.41. The quantitative estimate of drug-likeness (QED) is 0.620. The van der Waals surface area contributed by atoms with Crippen molar-refractivity contribution < 1.29 is 0 Å². The van der Waals surface area contributed by atoms with E-state index in [4.69, 9.17) is 11.6 Å². The molecule has 0 aliphatic heterocycles. The maximum Gasteiger partial charge on any atom is 0.0483 e. The summed E-state index contributed by atoms with van der Waals surface area (Å²) in [6.07, 6.45) is 0. The molecule has 0 heterocycles. The van der Waals surface area contributed by atoms with Gasteiger partial charge in [0.1, 0.15) is 0 Å². The molecule has 0 atom stereocenters. The Morgan fingerprint density at radius 3 is 2.33 bits per heavy atom. The average molecular weight is 215 g/mol. The highest BCUT2D eigenvalue weighted by atomic mass is 35.5. The molecule has 0 aromatic heterocycles. The summed E-state index contributed by atoms with van der Waals surface area (Å²) in [4.78, 5) is 0. The summed E-state index contributed by atoms with van der Waals surface area (Å²) in [5.41, 5.74) is 5.27. The molecule has 0 fully saturated rings. The molecule has 0 nitrogen and oxygen atoms in total. The van der Waals surface area contributed by atoms with Gasteiger partial charge in [0.2, 0.25) is 0 Å². The number of hydrogen-bond donors (Lipinski definition) is 0. The van der Waals surface area contributed by atoms with Gasteiger partial charge in [-0.1, -0.05) is 36.4 Å². The maximum absolute atomic E-state index is 6.02. The van der Waals surface area contributed by atoms with Gasteiger partial charge in [0.15, 0.2) is 0 Å². The van der Waals surface area contributed by atoms with Crippen LogP contribution >= 0.6 is 11.6 Å². The summed E-state index contributed by atoms with van der Waals surface area (Å²) in [6.45, 7) is 2.16. The van der Waals surface area contributed by atoms with Crippen molar-refractivity contribution in [2.75, 3.05) is 5.88 Å². The topological polar surface area (TPSA) is 0 Å². The highest BCUT2D eigenvalue weighted by molar-refractivity contribution is 6.28. The number of rotatable bonds is 1. The Morgan fingerprint density at radius 2 is 1.67 bits per heavy atom. The third-order valence-corrected chi connectivity index (χ3v) is 3.49. The van der Waals surface area contributed by atoms with E-state index < -0.39 is 0 Å². The van der Waals surface area contributed by atoms with Crippen molar-refractivity contribution in [1.82, 2.24) is 0 Å². The molecule has 2 aromatic carbocycles. The van der Waals surface area contributed by atoms with Crippen molar-refractivity contribution in [2.45, 2.75) is 6.92 Å². The van der Waals surface area contributed by atoms with Crippen LogP contribution in [-0.2, 0) is 0 Å². The Morgan fingerprint density at radius 1 is 1.00 bits per heavy atom. The lowest BCUT2D eigenvalue weighted by atomic mass is 10.0. The maximum atomic E-state index is 6.02. The number of halogens is 1. The normalized spacial score (nSPS) is 14.0. The van der Waals surface area contributed by atoms with E-state index in [0.717, 1.165) is 0 Å². The fraction of sp³-hybridized carbons (Fsp3) is 0.143. The van der Waals surface area contributed by atoms with Crippen LogP contribution in [0.2, 0.25) is 0 Å². The molecule has 0 saturated heterocycles. The number of allylic oxidation sites excluding steroid dienone is 2. The average Bonchev–Trinajstić information content (AvgIpc) is 2.55. The van der Waals surface area contributed by atoms with Crippen LogP contribution in [0.15, 0.2) is 36.4 Å². The van der Waals surface area contributed by atoms with Gasteiger partial charge in [0.05, 0.1) is 0 Å². The lowest BCUT2D eigenvalue weighted by Crippen LogP contribution is -1.82. The van der Waals surface area contributed by atoms with Crippen molar-refractivity contribution >= 4 is 33.5 Å². The molecule has 0 unspecified atom stereocenters. The van der Waals surface area contributed by atoms with Crippen molar-refractivity contribution in [1.29, 1.82) is 0 Å². The van der Waals surface area contributed by atoms with E-state index in [9.17, 15) is 0 Å². The van der Waals surface area contributed by atoms with E-state index in [0.29, 0.717) is 5.88 Å². The monoisotopic (exact) mass is 214 g/mol. The first-order valence-corrected chi connectivity index (χ1v) is 5.64. The van der Waals surface area contributed by atoms with Gasteiger partial charge in [0, 0.05) is 5.88 Å². The summed E-state index contributed by atoms with van der Waals surface area (Å²) in [5.74, 6) is 0.597. The predicted molar refractivity (Wildman–Crippen MR) is 67.2 cm³/mol. The Balaban J connectivity index is 2.50. The number of alkyl halides is 1. The van der Waals surface area contributed by atoms with Crippen LogP contribution in [0.3, 0.4) is 0 Å². The minimum absolute atomic E-state index is 0.597. The summed E-state index contributed by atoms with van der Waals surface area (Å²) < 4.78 is 0. The molecule has 1 aliphatic carbocycles. The number of benzene rings is 2. The third kappa shape index (κ3) is 1.09. The van der Waals surface area contributed by atoms with Gasteiger partial charge < -0.3 is 0 Å². The molecule has 3 rings (SSSR count). The molecule has 0 radical (unpaired) electrons. The van der Waals surface area contributed by atoms with Crippen molar-refractivity contribution in [2.24, 2.45) is 0 Å². The molecular formula is C14H11Cl. The van der Waals surface area contributed by atoms with Crippen LogP contribution in [0.5, 0.6) is 0 Å². The largest absolute Gasteiger partial charge is 0.122 e. The molecule has 74 valence electrons. The lowest BCUT2D eigenvalue weighted by molar-refractivity contribution is 1.65. The van der Waals surface area contributed by atoms with E-state index in [2.05, 4.69) is 43.3 Å².